The lowest BCUT2D eigenvalue weighted by molar-refractivity contribution is -0.139. The van der Waals surface area contributed by atoms with E-state index in [2.05, 4.69) is 21.2 Å². The summed E-state index contributed by atoms with van der Waals surface area (Å²) in [5, 5.41) is 2.83. The van der Waals surface area contributed by atoms with E-state index in [1.54, 1.807) is 31.2 Å². The summed E-state index contributed by atoms with van der Waals surface area (Å²) >= 11 is 3.34. The van der Waals surface area contributed by atoms with Crippen molar-refractivity contribution in [3.8, 4) is 0 Å². The van der Waals surface area contributed by atoms with E-state index in [0.29, 0.717) is 10.2 Å². The maximum atomic E-state index is 13.4. The van der Waals surface area contributed by atoms with Crippen LogP contribution in [0.5, 0.6) is 0 Å². The lowest BCUT2D eigenvalue weighted by atomic mass is 10.1. The molecule has 0 spiro atoms. The Bertz CT molecular complexity index is 1070. The largest absolute Gasteiger partial charge is 0.352 e. The summed E-state index contributed by atoms with van der Waals surface area (Å²) in [4.78, 5) is 27.5. The summed E-state index contributed by atoms with van der Waals surface area (Å²) in [6.07, 6.45) is 1.06. The molecule has 0 aliphatic heterocycles. The fraction of sp³-hybridized carbons (Fsp3) is 0.391. The highest BCUT2D eigenvalue weighted by molar-refractivity contribution is 9.10. The summed E-state index contributed by atoms with van der Waals surface area (Å²) in [5.41, 5.74) is 2.25. The molecule has 2 amide bonds. The Morgan fingerprint density at radius 2 is 1.72 bits per heavy atom. The Morgan fingerprint density at radius 1 is 1.06 bits per heavy atom. The first kappa shape index (κ1) is 25.9. The van der Waals surface area contributed by atoms with Crippen molar-refractivity contribution in [3.63, 3.8) is 0 Å². The van der Waals surface area contributed by atoms with Gasteiger partial charge in [0.1, 0.15) is 12.6 Å². The number of anilines is 1. The number of rotatable bonds is 9. The second-order valence-electron chi connectivity index (χ2n) is 8.10. The zero-order valence-corrected chi connectivity index (χ0v) is 21.4. The van der Waals surface area contributed by atoms with E-state index in [0.717, 1.165) is 21.7 Å². The molecular weight excluding hydrogens is 494 g/mol. The van der Waals surface area contributed by atoms with E-state index in [9.17, 15) is 18.0 Å². The molecule has 0 saturated heterocycles. The third kappa shape index (κ3) is 7.34. The van der Waals surface area contributed by atoms with Gasteiger partial charge in [-0.1, -0.05) is 51.8 Å². The van der Waals surface area contributed by atoms with Gasteiger partial charge in [0.15, 0.2) is 0 Å². The first-order valence-electron chi connectivity index (χ1n) is 10.3. The monoisotopic (exact) mass is 523 g/mol. The number of benzene rings is 2. The number of aryl methyl sites for hydroxylation is 1. The molecular formula is C23H30BrN3O4S. The molecule has 174 valence electrons. The third-order valence-electron chi connectivity index (χ3n) is 4.81. The smallest absolute Gasteiger partial charge is 0.244 e. The van der Waals surface area contributed by atoms with E-state index in [1.165, 1.54) is 4.90 Å². The third-order valence-corrected chi connectivity index (χ3v) is 6.44. The van der Waals surface area contributed by atoms with Crippen LogP contribution in [0.3, 0.4) is 0 Å². The molecule has 0 radical (unpaired) electrons. The molecule has 32 heavy (non-hydrogen) atoms. The SMILES string of the molecule is Cc1cccc(CN(C(=O)CN(c2cccc(Br)c2)S(C)(=O)=O)C(C)C(=O)NC(C)C)c1. The van der Waals surface area contributed by atoms with Crippen molar-refractivity contribution < 1.29 is 18.0 Å². The maximum Gasteiger partial charge on any atom is 0.244 e. The molecule has 7 nitrogen and oxygen atoms in total. The van der Waals surface area contributed by atoms with Crippen LogP contribution in [-0.2, 0) is 26.2 Å². The van der Waals surface area contributed by atoms with Crippen molar-refractivity contribution in [1.29, 1.82) is 0 Å². The number of hydrogen-bond donors (Lipinski definition) is 1. The van der Waals surface area contributed by atoms with Crippen LogP contribution in [0, 0.1) is 6.92 Å². The first-order valence-corrected chi connectivity index (χ1v) is 12.9. The Hall–Kier alpha value is -2.39. The van der Waals surface area contributed by atoms with Crippen LogP contribution < -0.4 is 9.62 Å². The van der Waals surface area contributed by atoms with Crippen LogP contribution >= 0.6 is 15.9 Å². The molecule has 2 aromatic rings. The molecule has 1 N–H and O–H groups in total. The zero-order chi connectivity index (χ0) is 24.1. The van der Waals surface area contributed by atoms with Gasteiger partial charge in [-0.05, 0) is 51.5 Å². The fourth-order valence-electron chi connectivity index (χ4n) is 3.24. The molecule has 1 atom stereocenters. The predicted octanol–water partition coefficient (Wildman–Crippen LogP) is 3.47. The highest BCUT2D eigenvalue weighted by atomic mass is 79.9. The molecule has 0 aliphatic carbocycles. The first-order chi connectivity index (χ1) is 14.9. The van der Waals surface area contributed by atoms with Gasteiger partial charge in [-0.3, -0.25) is 13.9 Å². The fourth-order valence-corrected chi connectivity index (χ4v) is 4.47. The summed E-state index contributed by atoms with van der Waals surface area (Å²) in [6, 6.07) is 13.5. The van der Waals surface area contributed by atoms with Crippen LogP contribution in [0.1, 0.15) is 31.9 Å². The molecule has 0 bridgehead atoms. The average molecular weight is 524 g/mol. The highest BCUT2D eigenvalue weighted by Crippen LogP contribution is 2.23. The van der Waals surface area contributed by atoms with Gasteiger partial charge in [0.05, 0.1) is 11.9 Å². The zero-order valence-electron chi connectivity index (χ0n) is 19.0. The van der Waals surface area contributed by atoms with Crippen LogP contribution in [0.4, 0.5) is 5.69 Å². The van der Waals surface area contributed by atoms with Crippen molar-refractivity contribution in [2.45, 2.75) is 46.3 Å². The minimum absolute atomic E-state index is 0.0879. The second-order valence-corrected chi connectivity index (χ2v) is 10.9. The Kier molecular flexibility index (Phi) is 8.86. The summed E-state index contributed by atoms with van der Waals surface area (Å²) < 4.78 is 26.8. The van der Waals surface area contributed by atoms with Crippen molar-refractivity contribution in [1.82, 2.24) is 10.2 Å². The quantitative estimate of drug-likeness (QED) is 0.545. The standard InChI is InChI=1S/C23H30BrN3O4S/c1-16(2)25-23(29)18(4)26(14-19-9-6-8-17(3)12-19)22(28)15-27(32(5,30)31)21-11-7-10-20(24)13-21/h6-13,16,18H,14-15H2,1-5H3,(H,25,29). The molecule has 0 aliphatic rings. The van der Waals surface area contributed by atoms with E-state index in [4.69, 9.17) is 0 Å². The number of sulfonamides is 1. The normalized spacial score (nSPS) is 12.3. The van der Waals surface area contributed by atoms with Crippen molar-refractivity contribution >= 4 is 43.5 Å². The van der Waals surface area contributed by atoms with Gasteiger partial charge in [-0.2, -0.15) is 0 Å². The van der Waals surface area contributed by atoms with Crippen molar-refractivity contribution in [2.24, 2.45) is 0 Å². The minimum atomic E-state index is -3.74. The van der Waals surface area contributed by atoms with Gasteiger partial charge >= 0.3 is 0 Å². The van der Waals surface area contributed by atoms with E-state index in [1.807, 2.05) is 45.0 Å². The lowest BCUT2D eigenvalue weighted by Crippen LogP contribution is -2.52. The maximum absolute atomic E-state index is 13.4. The Morgan fingerprint density at radius 3 is 2.28 bits per heavy atom. The number of carbonyl (C=O) groups excluding carboxylic acids is 2. The molecule has 2 aromatic carbocycles. The Balaban J connectivity index is 2.39. The van der Waals surface area contributed by atoms with Gasteiger partial charge in [-0.15, -0.1) is 0 Å². The van der Waals surface area contributed by atoms with Gasteiger partial charge in [0, 0.05) is 17.1 Å². The average Bonchev–Trinajstić information content (AvgIpc) is 2.68. The van der Waals surface area contributed by atoms with Crippen LogP contribution in [0.15, 0.2) is 53.0 Å². The number of amides is 2. The van der Waals surface area contributed by atoms with Crippen molar-refractivity contribution in [2.75, 3.05) is 17.1 Å². The van der Waals surface area contributed by atoms with Crippen LogP contribution in [0.25, 0.3) is 0 Å². The van der Waals surface area contributed by atoms with Crippen LogP contribution in [0.2, 0.25) is 0 Å². The molecule has 9 heteroatoms. The lowest BCUT2D eigenvalue weighted by Gasteiger charge is -2.32. The number of carbonyl (C=O) groups is 2. The van der Waals surface area contributed by atoms with Gasteiger partial charge < -0.3 is 10.2 Å². The molecule has 0 heterocycles. The molecule has 0 saturated carbocycles. The molecule has 2 rings (SSSR count). The van der Waals surface area contributed by atoms with Gasteiger partial charge in [0.2, 0.25) is 21.8 Å². The van der Waals surface area contributed by atoms with E-state index < -0.39 is 28.5 Å². The molecule has 0 aromatic heterocycles. The molecule has 0 fully saturated rings. The van der Waals surface area contributed by atoms with Gasteiger partial charge in [0.25, 0.3) is 0 Å². The minimum Gasteiger partial charge on any atom is -0.352 e. The second kappa shape index (κ2) is 11.0. The highest BCUT2D eigenvalue weighted by Gasteiger charge is 2.30. The summed E-state index contributed by atoms with van der Waals surface area (Å²) in [7, 11) is -3.74. The van der Waals surface area contributed by atoms with Crippen molar-refractivity contribution in [3.05, 3.63) is 64.1 Å². The number of nitrogens with one attached hydrogen (secondary N) is 1. The van der Waals surface area contributed by atoms with Crippen LogP contribution in [-0.4, -0.2) is 50.0 Å². The van der Waals surface area contributed by atoms with E-state index in [-0.39, 0.29) is 18.5 Å². The number of nitrogens with zero attached hydrogens (tertiary/aromatic N) is 2. The topological polar surface area (TPSA) is 86.8 Å². The number of halogens is 1. The van der Waals surface area contributed by atoms with Gasteiger partial charge in [-0.25, -0.2) is 8.42 Å². The number of hydrogen-bond acceptors (Lipinski definition) is 4. The summed E-state index contributed by atoms with van der Waals surface area (Å²) in [6.45, 7) is 7.05. The summed E-state index contributed by atoms with van der Waals surface area (Å²) in [5.74, 6) is -0.766. The Labute approximate surface area is 199 Å². The predicted molar refractivity (Wildman–Crippen MR) is 131 cm³/mol. The van der Waals surface area contributed by atoms with E-state index >= 15 is 0 Å². The molecule has 1 unspecified atom stereocenters.